The second-order valence-corrected chi connectivity index (χ2v) is 6.69. The second kappa shape index (κ2) is 4.93. The Kier molecular flexibility index (Phi) is 3.78. The first kappa shape index (κ1) is 14.6. The van der Waals surface area contributed by atoms with Crippen LogP contribution in [0.15, 0.2) is 23.0 Å². The Morgan fingerprint density at radius 2 is 1.95 bits per heavy atom. The number of hydrogen-bond donors (Lipinski definition) is 1. The summed E-state index contributed by atoms with van der Waals surface area (Å²) >= 11 is 0. The van der Waals surface area contributed by atoms with Crippen molar-refractivity contribution >= 4 is 0 Å². The average Bonchev–Trinajstić information content (AvgIpc) is 2.80. The fraction of sp³-hybridized carbons (Fsp3) is 0.733. The third kappa shape index (κ3) is 3.02. The van der Waals surface area contributed by atoms with Crippen molar-refractivity contribution in [2.75, 3.05) is 13.6 Å². The summed E-state index contributed by atoms with van der Waals surface area (Å²) in [4.78, 5) is 2.20. The van der Waals surface area contributed by atoms with E-state index in [-0.39, 0.29) is 11.5 Å². The third-order valence-corrected chi connectivity index (χ3v) is 4.05. The van der Waals surface area contributed by atoms with Gasteiger partial charge in [0, 0.05) is 24.6 Å². The summed E-state index contributed by atoms with van der Waals surface area (Å²) in [7, 11) is 2.06. The lowest BCUT2D eigenvalue weighted by Gasteiger charge is -2.30. The van der Waals surface area contributed by atoms with Crippen molar-refractivity contribution in [2.24, 2.45) is 5.92 Å². The Bertz CT molecular complexity index is 411. The van der Waals surface area contributed by atoms with Gasteiger partial charge in [-0.2, -0.15) is 0 Å². The molecule has 2 atom stereocenters. The zero-order chi connectivity index (χ0) is 14.3. The summed E-state index contributed by atoms with van der Waals surface area (Å²) in [6.45, 7) is 9.63. The van der Waals surface area contributed by atoms with Gasteiger partial charge in [-0.1, -0.05) is 0 Å². The molecule has 1 fully saturated rings. The van der Waals surface area contributed by atoms with Gasteiger partial charge in [0.2, 0.25) is 0 Å². The molecule has 4 nitrogen and oxygen atoms in total. The fourth-order valence-electron chi connectivity index (χ4n) is 3.09. The molecule has 4 heteroatoms. The van der Waals surface area contributed by atoms with E-state index < -0.39 is 11.7 Å². The van der Waals surface area contributed by atoms with E-state index in [1.807, 2.05) is 19.9 Å². The van der Waals surface area contributed by atoms with Gasteiger partial charge >= 0.3 is 0 Å². The first-order chi connectivity index (χ1) is 8.72. The first-order valence-electron chi connectivity index (χ1n) is 6.80. The minimum atomic E-state index is -0.482. The molecule has 0 bridgehead atoms. The molecular weight excluding hydrogens is 242 g/mol. The van der Waals surface area contributed by atoms with Crippen LogP contribution in [0, 0.1) is 5.92 Å². The highest BCUT2D eigenvalue weighted by Crippen LogP contribution is 2.42. The van der Waals surface area contributed by atoms with Crippen molar-refractivity contribution in [3.05, 3.63) is 24.2 Å². The van der Waals surface area contributed by atoms with Crippen LogP contribution >= 0.6 is 0 Å². The average molecular weight is 267 g/mol. The van der Waals surface area contributed by atoms with E-state index >= 15 is 0 Å². The summed E-state index contributed by atoms with van der Waals surface area (Å²) < 4.78 is 11.1. The number of nitrogens with zero attached hydrogens (tertiary/aromatic N) is 1. The molecule has 1 aliphatic heterocycles. The molecule has 0 aliphatic carbocycles. The standard InChI is InChI=1S/C15H25NO3/c1-14(2)12(13(17)15(3,4)19-14)9-16(5)8-11-6-7-18-10-11/h6-7,10,12-13,17H,8-9H2,1-5H3. The maximum absolute atomic E-state index is 10.5. The SMILES string of the molecule is CN(Cc1ccoc1)CC1C(O)C(C)(C)OC1(C)C. The van der Waals surface area contributed by atoms with Crippen LogP contribution in [-0.2, 0) is 11.3 Å². The fourth-order valence-corrected chi connectivity index (χ4v) is 3.09. The smallest absolute Gasteiger partial charge is 0.0947 e. The first-order valence-corrected chi connectivity index (χ1v) is 6.80. The summed E-state index contributed by atoms with van der Waals surface area (Å²) in [5.41, 5.74) is 0.353. The van der Waals surface area contributed by atoms with Crippen molar-refractivity contribution in [2.45, 2.75) is 51.5 Å². The maximum Gasteiger partial charge on any atom is 0.0947 e. The molecule has 1 saturated heterocycles. The number of ether oxygens (including phenoxy) is 1. The van der Waals surface area contributed by atoms with Crippen molar-refractivity contribution in [1.29, 1.82) is 0 Å². The van der Waals surface area contributed by atoms with Crippen LogP contribution in [0.3, 0.4) is 0 Å². The Balaban J connectivity index is 2.01. The molecule has 2 rings (SSSR count). The van der Waals surface area contributed by atoms with E-state index in [1.54, 1.807) is 12.5 Å². The zero-order valence-corrected chi connectivity index (χ0v) is 12.5. The minimum Gasteiger partial charge on any atom is -0.472 e. The lowest BCUT2D eigenvalue weighted by atomic mass is 9.84. The van der Waals surface area contributed by atoms with Gasteiger partial charge in [0.15, 0.2) is 0 Å². The summed E-state index contributed by atoms with van der Waals surface area (Å²) in [5, 5.41) is 10.5. The quantitative estimate of drug-likeness (QED) is 0.909. The van der Waals surface area contributed by atoms with Crippen LogP contribution in [0.4, 0.5) is 0 Å². The number of aliphatic hydroxyl groups is 1. The van der Waals surface area contributed by atoms with E-state index in [0.717, 1.165) is 18.7 Å². The Morgan fingerprint density at radius 3 is 2.42 bits per heavy atom. The molecule has 1 aromatic rings. The normalized spacial score (nSPS) is 29.0. The maximum atomic E-state index is 10.5. The summed E-state index contributed by atoms with van der Waals surface area (Å²) in [6, 6.07) is 1.97. The van der Waals surface area contributed by atoms with Gasteiger partial charge in [0.1, 0.15) is 0 Å². The van der Waals surface area contributed by atoms with Crippen molar-refractivity contribution < 1.29 is 14.3 Å². The Labute approximate surface area is 115 Å². The second-order valence-electron chi connectivity index (χ2n) is 6.69. The molecule has 0 radical (unpaired) electrons. The molecule has 1 aromatic heterocycles. The van der Waals surface area contributed by atoms with Gasteiger partial charge in [-0.3, -0.25) is 0 Å². The van der Waals surface area contributed by atoms with Gasteiger partial charge < -0.3 is 19.2 Å². The topological polar surface area (TPSA) is 45.8 Å². The molecule has 2 heterocycles. The third-order valence-electron chi connectivity index (χ3n) is 4.05. The lowest BCUT2D eigenvalue weighted by molar-refractivity contribution is -0.0912. The van der Waals surface area contributed by atoms with E-state index in [1.165, 1.54) is 0 Å². The molecule has 19 heavy (non-hydrogen) atoms. The van der Waals surface area contributed by atoms with E-state index in [0.29, 0.717) is 0 Å². The van der Waals surface area contributed by atoms with E-state index in [2.05, 4.69) is 25.8 Å². The zero-order valence-electron chi connectivity index (χ0n) is 12.5. The molecule has 0 aromatic carbocycles. The lowest BCUT2D eigenvalue weighted by Crippen LogP contribution is -2.42. The molecule has 0 spiro atoms. The number of aliphatic hydroxyl groups excluding tert-OH is 1. The van der Waals surface area contributed by atoms with Crippen LogP contribution in [-0.4, -0.2) is 40.9 Å². The largest absolute Gasteiger partial charge is 0.472 e. The van der Waals surface area contributed by atoms with E-state index in [9.17, 15) is 5.11 Å². The van der Waals surface area contributed by atoms with Crippen molar-refractivity contribution in [1.82, 2.24) is 4.90 Å². The summed E-state index contributed by atoms with van der Waals surface area (Å²) in [5.74, 6) is 0.0967. The predicted molar refractivity (Wildman–Crippen MR) is 73.8 cm³/mol. The van der Waals surface area contributed by atoms with Gasteiger partial charge in [0.25, 0.3) is 0 Å². The van der Waals surface area contributed by atoms with Crippen LogP contribution in [0.1, 0.15) is 33.3 Å². The Morgan fingerprint density at radius 1 is 1.26 bits per heavy atom. The predicted octanol–water partition coefficient (Wildman–Crippen LogP) is 2.28. The number of rotatable bonds is 4. The molecule has 108 valence electrons. The van der Waals surface area contributed by atoms with Crippen LogP contribution in [0.5, 0.6) is 0 Å². The van der Waals surface area contributed by atoms with Crippen LogP contribution < -0.4 is 0 Å². The number of hydrogen-bond acceptors (Lipinski definition) is 4. The highest BCUT2D eigenvalue weighted by atomic mass is 16.5. The van der Waals surface area contributed by atoms with Crippen molar-refractivity contribution in [3.8, 4) is 0 Å². The van der Waals surface area contributed by atoms with Crippen molar-refractivity contribution in [3.63, 3.8) is 0 Å². The van der Waals surface area contributed by atoms with Crippen LogP contribution in [0.2, 0.25) is 0 Å². The molecule has 1 N–H and O–H groups in total. The molecule has 0 amide bonds. The van der Waals surface area contributed by atoms with Gasteiger partial charge in [0.05, 0.1) is 29.8 Å². The Hall–Kier alpha value is -0.840. The highest BCUT2D eigenvalue weighted by molar-refractivity contribution is 5.06. The van der Waals surface area contributed by atoms with Gasteiger partial charge in [-0.05, 0) is 40.8 Å². The molecular formula is C15H25NO3. The summed E-state index contributed by atoms with van der Waals surface area (Å²) in [6.07, 6.45) is 2.99. The molecule has 0 saturated carbocycles. The monoisotopic (exact) mass is 267 g/mol. The molecule has 1 aliphatic rings. The minimum absolute atomic E-state index is 0.0967. The van der Waals surface area contributed by atoms with Crippen LogP contribution in [0.25, 0.3) is 0 Å². The van der Waals surface area contributed by atoms with Gasteiger partial charge in [-0.25, -0.2) is 0 Å². The van der Waals surface area contributed by atoms with E-state index in [4.69, 9.17) is 9.15 Å². The highest BCUT2D eigenvalue weighted by Gasteiger charge is 2.53. The number of furan rings is 1. The van der Waals surface area contributed by atoms with Gasteiger partial charge in [-0.15, -0.1) is 0 Å². The molecule has 2 unspecified atom stereocenters.